The van der Waals surface area contributed by atoms with Gasteiger partial charge in [0, 0.05) is 24.8 Å². The summed E-state index contributed by atoms with van der Waals surface area (Å²) in [4.78, 5) is 26.6. The summed E-state index contributed by atoms with van der Waals surface area (Å²) in [6.07, 6.45) is -3.33. The molecule has 3 aromatic rings. The molecule has 7 nitrogen and oxygen atoms in total. The van der Waals surface area contributed by atoms with E-state index < -0.39 is 12.1 Å². The minimum Gasteiger partial charge on any atom is -0.329 e. The maximum absolute atomic E-state index is 12.5. The number of halogens is 3. The zero-order valence-corrected chi connectivity index (χ0v) is 12.8. The molecule has 0 aliphatic heterocycles. The normalized spacial score (nSPS) is 11.7. The molecule has 0 amide bonds. The van der Waals surface area contributed by atoms with Gasteiger partial charge in [0.1, 0.15) is 0 Å². The van der Waals surface area contributed by atoms with Crippen LogP contribution in [-0.2, 0) is 12.7 Å². The third kappa shape index (κ3) is 3.37. The fourth-order valence-electron chi connectivity index (χ4n) is 2.22. The fourth-order valence-corrected chi connectivity index (χ4v) is 2.22. The highest BCUT2D eigenvalue weighted by molar-refractivity contribution is 5.75. The zero-order valence-electron chi connectivity index (χ0n) is 12.8. The van der Waals surface area contributed by atoms with Gasteiger partial charge in [-0.05, 0) is 5.56 Å². The molecule has 1 aromatic carbocycles. The summed E-state index contributed by atoms with van der Waals surface area (Å²) in [5.41, 5.74) is 0.663. The molecule has 0 unspecified atom stereocenters. The van der Waals surface area contributed by atoms with Crippen LogP contribution in [0.2, 0.25) is 0 Å². The Kier molecular flexibility index (Phi) is 4.03. The van der Waals surface area contributed by atoms with Crippen molar-refractivity contribution in [3.63, 3.8) is 0 Å². The van der Waals surface area contributed by atoms with E-state index in [1.54, 1.807) is 12.1 Å². The number of nitrogens with zero attached hydrogens (tertiary/aromatic N) is 4. The van der Waals surface area contributed by atoms with Crippen LogP contribution in [-0.4, -0.2) is 25.4 Å². The van der Waals surface area contributed by atoms with Crippen LogP contribution in [0, 0.1) is 0 Å². The van der Waals surface area contributed by atoms with Crippen LogP contribution in [0.3, 0.4) is 0 Å². The van der Waals surface area contributed by atoms with Gasteiger partial charge in [-0.15, -0.1) is 0 Å². The Hall–Kier alpha value is -3.17. The number of rotatable bonds is 3. The molecule has 10 heteroatoms. The first-order chi connectivity index (χ1) is 11.8. The van der Waals surface area contributed by atoms with Gasteiger partial charge < -0.3 is 4.52 Å². The molecule has 0 radical (unpaired) electrons. The Morgan fingerprint density at radius 1 is 1.20 bits per heavy atom. The number of benzene rings is 1. The SMILES string of the molecule is CC(=O)n1ccc(=O)n1Cc1ccc(-c2noc(C(F)(F)F)n2)cc1. The minimum absolute atomic E-state index is 0.131. The number of carbonyl (C=O) groups excluding carboxylic acids is 1. The molecule has 0 saturated heterocycles. The lowest BCUT2D eigenvalue weighted by Gasteiger charge is -2.08. The van der Waals surface area contributed by atoms with Crippen molar-refractivity contribution in [3.8, 4) is 11.4 Å². The van der Waals surface area contributed by atoms with Crippen molar-refractivity contribution in [3.05, 3.63) is 58.3 Å². The zero-order chi connectivity index (χ0) is 18.2. The number of carbonyl (C=O) groups is 1. The van der Waals surface area contributed by atoms with E-state index in [0.717, 1.165) is 0 Å². The van der Waals surface area contributed by atoms with Crippen molar-refractivity contribution in [1.29, 1.82) is 0 Å². The maximum atomic E-state index is 12.5. The predicted octanol–water partition coefficient (Wildman–Crippen LogP) is 2.43. The van der Waals surface area contributed by atoms with Crippen molar-refractivity contribution >= 4 is 5.91 Å². The first-order valence-corrected chi connectivity index (χ1v) is 7.05. The summed E-state index contributed by atoms with van der Waals surface area (Å²) >= 11 is 0. The average Bonchev–Trinajstić information content (AvgIpc) is 3.16. The van der Waals surface area contributed by atoms with Crippen LogP contribution in [0.4, 0.5) is 13.2 Å². The molecular weight excluding hydrogens is 341 g/mol. The largest absolute Gasteiger partial charge is 0.471 e. The molecule has 3 rings (SSSR count). The van der Waals surface area contributed by atoms with Crippen LogP contribution in [0.1, 0.15) is 23.2 Å². The minimum atomic E-state index is -4.70. The summed E-state index contributed by atoms with van der Waals surface area (Å²) in [7, 11) is 0. The standard InChI is InChI=1S/C15H11F3N4O3/c1-9(23)21-7-6-12(24)22(21)8-10-2-4-11(5-3-10)13-19-14(25-20-13)15(16,17)18/h2-7H,8H2,1H3. The highest BCUT2D eigenvalue weighted by Gasteiger charge is 2.38. The number of hydrogen-bond acceptors (Lipinski definition) is 5. The van der Waals surface area contributed by atoms with E-state index in [-0.39, 0.29) is 23.8 Å². The Morgan fingerprint density at radius 3 is 2.44 bits per heavy atom. The second-order valence-corrected chi connectivity index (χ2v) is 5.19. The number of alkyl halides is 3. The Balaban J connectivity index is 1.84. The Labute approximate surface area is 138 Å². The third-order valence-corrected chi connectivity index (χ3v) is 3.41. The Morgan fingerprint density at radius 2 is 1.88 bits per heavy atom. The summed E-state index contributed by atoms with van der Waals surface area (Å²) in [6.45, 7) is 1.46. The van der Waals surface area contributed by atoms with E-state index in [9.17, 15) is 22.8 Å². The summed E-state index contributed by atoms with van der Waals surface area (Å²) < 4.78 is 44.0. The second-order valence-electron chi connectivity index (χ2n) is 5.19. The van der Waals surface area contributed by atoms with Gasteiger partial charge in [0.2, 0.25) is 11.7 Å². The Bertz CT molecular complexity index is 967. The van der Waals surface area contributed by atoms with Crippen molar-refractivity contribution < 1.29 is 22.5 Å². The van der Waals surface area contributed by atoms with Crippen LogP contribution in [0.15, 0.2) is 45.8 Å². The summed E-state index contributed by atoms with van der Waals surface area (Å²) in [5, 5.41) is 3.30. The first-order valence-electron chi connectivity index (χ1n) is 7.05. The molecule has 0 aliphatic carbocycles. The highest BCUT2D eigenvalue weighted by atomic mass is 19.4. The summed E-state index contributed by atoms with van der Waals surface area (Å²) in [5.74, 6) is -1.93. The van der Waals surface area contributed by atoms with Gasteiger partial charge >= 0.3 is 12.1 Å². The second kappa shape index (κ2) is 6.04. The fraction of sp³-hybridized carbons (Fsp3) is 0.200. The van der Waals surface area contributed by atoms with Gasteiger partial charge in [-0.2, -0.15) is 18.2 Å². The van der Waals surface area contributed by atoms with E-state index in [1.165, 1.54) is 40.7 Å². The molecule has 0 N–H and O–H groups in total. The molecule has 130 valence electrons. The lowest BCUT2D eigenvalue weighted by Crippen LogP contribution is -2.26. The van der Waals surface area contributed by atoms with Gasteiger partial charge in [-0.25, -0.2) is 9.36 Å². The third-order valence-electron chi connectivity index (χ3n) is 3.41. The van der Waals surface area contributed by atoms with Gasteiger partial charge in [0.25, 0.3) is 5.56 Å². The molecule has 0 bridgehead atoms. The van der Waals surface area contributed by atoms with E-state index in [4.69, 9.17) is 0 Å². The first kappa shape index (κ1) is 16.7. The topological polar surface area (TPSA) is 82.9 Å². The molecule has 0 saturated carbocycles. The van der Waals surface area contributed by atoms with Crippen molar-refractivity contribution in [2.75, 3.05) is 0 Å². The van der Waals surface area contributed by atoms with Crippen LogP contribution in [0.25, 0.3) is 11.4 Å². The molecular formula is C15H11F3N4O3. The van der Waals surface area contributed by atoms with E-state index >= 15 is 0 Å². The van der Waals surface area contributed by atoms with Crippen molar-refractivity contribution in [1.82, 2.24) is 19.5 Å². The van der Waals surface area contributed by atoms with Crippen LogP contribution < -0.4 is 5.56 Å². The molecule has 0 aliphatic rings. The summed E-state index contributed by atoms with van der Waals surface area (Å²) in [6, 6.07) is 7.48. The van der Waals surface area contributed by atoms with Crippen molar-refractivity contribution in [2.45, 2.75) is 19.6 Å². The smallest absolute Gasteiger partial charge is 0.329 e. The van der Waals surface area contributed by atoms with Crippen LogP contribution in [0.5, 0.6) is 0 Å². The van der Waals surface area contributed by atoms with Gasteiger partial charge in [-0.3, -0.25) is 9.59 Å². The van der Waals surface area contributed by atoms with Gasteiger partial charge in [0.05, 0.1) is 6.54 Å². The van der Waals surface area contributed by atoms with Crippen molar-refractivity contribution in [2.24, 2.45) is 0 Å². The van der Waals surface area contributed by atoms with Crippen LogP contribution >= 0.6 is 0 Å². The molecule has 2 aromatic heterocycles. The van der Waals surface area contributed by atoms with Gasteiger partial charge in [-0.1, -0.05) is 29.4 Å². The molecule has 0 atom stereocenters. The van der Waals surface area contributed by atoms with E-state index in [1.807, 2.05) is 0 Å². The quantitative estimate of drug-likeness (QED) is 0.723. The molecule has 0 fully saturated rings. The lowest BCUT2D eigenvalue weighted by molar-refractivity contribution is -0.159. The number of aromatic nitrogens is 4. The van der Waals surface area contributed by atoms with Gasteiger partial charge in [0.15, 0.2) is 0 Å². The predicted molar refractivity (Wildman–Crippen MR) is 78.8 cm³/mol. The average molecular weight is 352 g/mol. The lowest BCUT2D eigenvalue weighted by atomic mass is 10.1. The molecule has 2 heterocycles. The highest BCUT2D eigenvalue weighted by Crippen LogP contribution is 2.29. The van der Waals surface area contributed by atoms with E-state index in [0.29, 0.717) is 11.1 Å². The molecule has 0 spiro atoms. The monoisotopic (exact) mass is 352 g/mol. The number of hydrogen-bond donors (Lipinski definition) is 0. The molecule has 25 heavy (non-hydrogen) atoms. The maximum Gasteiger partial charge on any atom is 0.471 e. The van der Waals surface area contributed by atoms with E-state index in [2.05, 4.69) is 14.7 Å².